The molecule has 0 fully saturated rings. The van der Waals surface area contributed by atoms with Gasteiger partial charge in [0.25, 0.3) is 0 Å². The van der Waals surface area contributed by atoms with Gasteiger partial charge in [-0.05, 0) is 18.1 Å². The van der Waals surface area contributed by atoms with Crippen molar-refractivity contribution >= 4 is 5.65 Å². The second-order valence-corrected chi connectivity index (χ2v) is 2.09. The van der Waals surface area contributed by atoms with Crippen LogP contribution in [0.1, 0.15) is 5.69 Å². The minimum Gasteiger partial charge on any atom is -0.236 e. The molecule has 3 nitrogen and oxygen atoms in total. The molecule has 0 aliphatic heterocycles. The van der Waals surface area contributed by atoms with E-state index in [-0.39, 0.29) is 0 Å². The van der Waals surface area contributed by atoms with Crippen molar-refractivity contribution in [3.05, 3.63) is 30.2 Å². The first kappa shape index (κ1) is 5.93. The van der Waals surface area contributed by atoms with Crippen molar-refractivity contribution < 1.29 is 0 Å². The first-order valence-electron chi connectivity index (χ1n) is 3.17. The lowest BCUT2D eigenvalue weighted by Crippen LogP contribution is -1.92. The van der Waals surface area contributed by atoms with E-state index in [2.05, 4.69) is 16.0 Å². The van der Waals surface area contributed by atoms with Crippen LogP contribution in [0.4, 0.5) is 0 Å². The van der Waals surface area contributed by atoms with Crippen molar-refractivity contribution in [2.45, 2.75) is 0 Å². The van der Waals surface area contributed by atoms with Crippen molar-refractivity contribution in [3.63, 3.8) is 0 Å². The number of hydrogen-bond donors (Lipinski definition) is 0. The summed E-state index contributed by atoms with van der Waals surface area (Å²) in [5.41, 5.74) is 1.43. The molecule has 0 aliphatic rings. The van der Waals surface area contributed by atoms with Crippen LogP contribution in [0.15, 0.2) is 24.5 Å². The molecule has 0 bridgehead atoms. The molecular weight excluding hydrogens is 138 g/mol. The molecule has 0 atom stereocenters. The first-order valence-corrected chi connectivity index (χ1v) is 3.17. The zero-order valence-corrected chi connectivity index (χ0v) is 5.73. The van der Waals surface area contributed by atoms with Crippen molar-refractivity contribution in [1.82, 2.24) is 14.6 Å². The highest BCUT2D eigenvalue weighted by Gasteiger charge is 1.93. The Hall–Kier alpha value is -1.82. The van der Waals surface area contributed by atoms with E-state index in [0.29, 0.717) is 5.69 Å². The fourth-order valence-corrected chi connectivity index (χ4v) is 0.892. The second kappa shape index (κ2) is 2.10. The van der Waals surface area contributed by atoms with E-state index < -0.39 is 0 Å². The highest BCUT2D eigenvalue weighted by molar-refractivity contribution is 5.38. The number of imidazole rings is 1. The third kappa shape index (κ3) is 0.849. The summed E-state index contributed by atoms with van der Waals surface area (Å²) in [5.74, 6) is 2.45. The van der Waals surface area contributed by atoms with Crippen molar-refractivity contribution in [3.8, 4) is 12.3 Å². The molecule has 0 aromatic carbocycles. The van der Waals surface area contributed by atoms with Crippen molar-refractivity contribution in [2.24, 2.45) is 0 Å². The minimum absolute atomic E-state index is 0.621. The molecule has 0 N–H and O–H groups in total. The van der Waals surface area contributed by atoms with Gasteiger partial charge < -0.3 is 0 Å². The molecule has 0 spiro atoms. The highest BCUT2D eigenvalue weighted by atomic mass is 15.2. The topological polar surface area (TPSA) is 30.2 Å². The number of nitrogens with zero attached hydrogens (tertiary/aromatic N) is 3. The van der Waals surface area contributed by atoms with Crippen LogP contribution in [0.5, 0.6) is 0 Å². The average molecular weight is 143 g/mol. The SMILES string of the molecule is C#Cc1ccc2nccn2n1. The van der Waals surface area contributed by atoms with Gasteiger partial charge in [0.2, 0.25) is 0 Å². The number of aromatic nitrogens is 3. The summed E-state index contributed by atoms with van der Waals surface area (Å²) in [6.07, 6.45) is 8.61. The van der Waals surface area contributed by atoms with Gasteiger partial charge in [-0.25, -0.2) is 9.50 Å². The van der Waals surface area contributed by atoms with Crippen molar-refractivity contribution in [1.29, 1.82) is 0 Å². The monoisotopic (exact) mass is 143 g/mol. The van der Waals surface area contributed by atoms with Gasteiger partial charge in [-0.2, -0.15) is 5.10 Å². The summed E-state index contributed by atoms with van der Waals surface area (Å²) >= 11 is 0. The molecule has 0 radical (unpaired) electrons. The molecule has 0 aliphatic carbocycles. The maximum Gasteiger partial charge on any atom is 0.153 e. The molecular formula is C8H5N3. The fraction of sp³-hybridized carbons (Fsp3) is 0. The largest absolute Gasteiger partial charge is 0.236 e. The smallest absolute Gasteiger partial charge is 0.153 e. The number of fused-ring (bicyclic) bond motifs is 1. The number of rotatable bonds is 0. The summed E-state index contributed by atoms with van der Waals surface area (Å²) in [6.45, 7) is 0. The molecule has 0 amide bonds. The van der Waals surface area contributed by atoms with Gasteiger partial charge in [0, 0.05) is 12.4 Å². The average Bonchev–Trinajstić information content (AvgIpc) is 2.50. The second-order valence-electron chi connectivity index (χ2n) is 2.09. The van der Waals surface area contributed by atoms with E-state index in [1.165, 1.54) is 0 Å². The van der Waals surface area contributed by atoms with E-state index in [1.54, 1.807) is 23.0 Å². The first-order chi connectivity index (χ1) is 5.40. The van der Waals surface area contributed by atoms with Gasteiger partial charge in [-0.1, -0.05) is 0 Å². The highest BCUT2D eigenvalue weighted by Crippen LogP contribution is 1.98. The van der Waals surface area contributed by atoms with Crippen LogP contribution in [0.3, 0.4) is 0 Å². The fourth-order valence-electron chi connectivity index (χ4n) is 0.892. The minimum atomic E-state index is 0.621. The van der Waals surface area contributed by atoms with Crippen molar-refractivity contribution in [2.75, 3.05) is 0 Å². The standard InChI is InChI=1S/C8H5N3/c1-2-7-3-4-8-9-5-6-11(8)10-7/h1,3-6H. The Morgan fingerprint density at radius 1 is 1.45 bits per heavy atom. The lowest BCUT2D eigenvalue weighted by molar-refractivity contribution is 0.924. The van der Waals surface area contributed by atoms with E-state index in [9.17, 15) is 0 Å². The Bertz CT molecular complexity index is 422. The van der Waals surface area contributed by atoms with Gasteiger partial charge in [-0.3, -0.25) is 0 Å². The Morgan fingerprint density at radius 2 is 2.36 bits per heavy atom. The van der Waals surface area contributed by atoms with Gasteiger partial charge in [0.15, 0.2) is 5.65 Å². The number of terminal acetylenes is 1. The summed E-state index contributed by atoms with van der Waals surface area (Å²) in [5, 5.41) is 4.07. The van der Waals surface area contributed by atoms with Crippen LogP contribution in [0, 0.1) is 12.3 Å². The van der Waals surface area contributed by atoms with Gasteiger partial charge >= 0.3 is 0 Å². The summed E-state index contributed by atoms with van der Waals surface area (Å²) in [6, 6.07) is 3.60. The van der Waals surface area contributed by atoms with E-state index in [4.69, 9.17) is 6.42 Å². The lowest BCUT2D eigenvalue weighted by Gasteiger charge is -1.91. The number of hydrogen-bond acceptors (Lipinski definition) is 2. The molecule has 2 aromatic rings. The summed E-state index contributed by atoms with van der Waals surface area (Å²) in [4.78, 5) is 4.03. The Kier molecular flexibility index (Phi) is 1.13. The predicted octanol–water partition coefficient (Wildman–Crippen LogP) is 0.711. The third-order valence-electron chi connectivity index (χ3n) is 1.40. The molecule has 0 unspecified atom stereocenters. The zero-order valence-electron chi connectivity index (χ0n) is 5.73. The summed E-state index contributed by atoms with van der Waals surface area (Å²) in [7, 11) is 0. The molecule has 11 heavy (non-hydrogen) atoms. The van der Waals surface area contributed by atoms with E-state index in [0.717, 1.165) is 5.65 Å². The molecule has 2 rings (SSSR count). The van der Waals surface area contributed by atoms with E-state index in [1.807, 2.05) is 6.07 Å². The molecule has 0 saturated heterocycles. The van der Waals surface area contributed by atoms with E-state index >= 15 is 0 Å². The maximum atomic E-state index is 5.16. The van der Waals surface area contributed by atoms with Gasteiger partial charge in [0.05, 0.1) is 0 Å². The summed E-state index contributed by atoms with van der Waals surface area (Å²) < 4.78 is 1.65. The maximum absolute atomic E-state index is 5.16. The predicted molar refractivity (Wildman–Crippen MR) is 40.9 cm³/mol. The molecule has 3 heteroatoms. The van der Waals surface area contributed by atoms with Crippen LogP contribution in [0.2, 0.25) is 0 Å². The lowest BCUT2D eigenvalue weighted by atomic mass is 10.4. The van der Waals surface area contributed by atoms with Crippen LogP contribution in [0.25, 0.3) is 5.65 Å². The molecule has 2 aromatic heterocycles. The molecule has 2 heterocycles. The van der Waals surface area contributed by atoms with Crippen LogP contribution in [-0.4, -0.2) is 14.6 Å². The van der Waals surface area contributed by atoms with Crippen LogP contribution < -0.4 is 0 Å². The Balaban J connectivity index is 2.79. The van der Waals surface area contributed by atoms with Crippen LogP contribution >= 0.6 is 0 Å². The zero-order chi connectivity index (χ0) is 7.68. The van der Waals surface area contributed by atoms with Gasteiger partial charge in [0.1, 0.15) is 5.69 Å². The molecule has 52 valence electrons. The Morgan fingerprint density at radius 3 is 3.18 bits per heavy atom. The normalized spacial score (nSPS) is 9.73. The van der Waals surface area contributed by atoms with Gasteiger partial charge in [-0.15, -0.1) is 6.42 Å². The molecule has 0 saturated carbocycles. The third-order valence-corrected chi connectivity index (χ3v) is 1.40. The Labute approximate surface area is 63.7 Å². The van der Waals surface area contributed by atoms with Crippen LogP contribution in [-0.2, 0) is 0 Å². The quantitative estimate of drug-likeness (QED) is 0.508.